The minimum Gasteiger partial charge on any atom is -0.493 e. The summed E-state index contributed by atoms with van der Waals surface area (Å²) in [6.07, 6.45) is 5.24. The SMILES string of the molecule is C[NH2+]CC1(c2ccc(OC)c(OC)c2)CCCC1. The van der Waals surface area contributed by atoms with Gasteiger partial charge in [-0.2, -0.15) is 0 Å². The Morgan fingerprint density at radius 3 is 2.33 bits per heavy atom. The maximum absolute atomic E-state index is 5.42. The third-order valence-electron chi connectivity index (χ3n) is 4.15. The van der Waals surface area contributed by atoms with E-state index >= 15 is 0 Å². The number of rotatable bonds is 5. The Labute approximate surface area is 109 Å². The van der Waals surface area contributed by atoms with Crippen LogP contribution in [0.3, 0.4) is 0 Å². The van der Waals surface area contributed by atoms with Gasteiger partial charge in [0, 0.05) is 5.41 Å². The largest absolute Gasteiger partial charge is 0.493 e. The molecule has 0 aromatic heterocycles. The van der Waals surface area contributed by atoms with Crippen molar-refractivity contribution in [2.45, 2.75) is 31.1 Å². The summed E-state index contributed by atoms with van der Waals surface area (Å²) >= 11 is 0. The molecule has 1 aliphatic rings. The molecule has 2 N–H and O–H groups in total. The van der Waals surface area contributed by atoms with Crippen molar-refractivity contribution < 1.29 is 14.8 Å². The quantitative estimate of drug-likeness (QED) is 0.863. The zero-order chi connectivity index (χ0) is 13.0. The Hall–Kier alpha value is -1.22. The first-order chi connectivity index (χ1) is 8.75. The van der Waals surface area contributed by atoms with Crippen LogP contribution in [0.1, 0.15) is 31.2 Å². The summed E-state index contributed by atoms with van der Waals surface area (Å²) in [6.45, 7) is 1.16. The fourth-order valence-corrected chi connectivity index (χ4v) is 3.22. The number of quaternary nitrogens is 1. The van der Waals surface area contributed by atoms with E-state index in [1.165, 1.54) is 31.2 Å². The van der Waals surface area contributed by atoms with E-state index in [0.717, 1.165) is 18.0 Å². The molecule has 1 aromatic carbocycles. The molecule has 0 heterocycles. The highest BCUT2D eigenvalue weighted by molar-refractivity contribution is 5.45. The summed E-state index contributed by atoms with van der Waals surface area (Å²) in [5.74, 6) is 1.66. The smallest absolute Gasteiger partial charge is 0.161 e. The van der Waals surface area contributed by atoms with Crippen LogP contribution in [0.4, 0.5) is 0 Å². The number of nitrogens with two attached hydrogens (primary N) is 1. The van der Waals surface area contributed by atoms with Crippen LogP contribution >= 0.6 is 0 Å². The van der Waals surface area contributed by atoms with Crippen molar-refractivity contribution >= 4 is 0 Å². The number of benzene rings is 1. The van der Waals surface area contributed by atoms with Crippen molar-refractivity contribution in [1.82, 2.24) is 0 Å². The second-order valence-electron chi connectivity index (χ2n) is 5.17. The van der Waals surface area contributed by atoms with Gasteiger partial charge in [0.25, 0.3) is 0 Å². The number of methoxy groups -OCH3 is 2. The summed E-state index contributed by atoms with van der Waals surface area (Å²) in [7, 11) is 5.54. The van der Waals surface area contributed by atoms with Gasteiger partial charge in [0.2, 0.25) is 0 Å². The van der Waals surface area contributed by atoms with Gasteiger partial charge in [-0.15, -0.1) is 0 Å². The Bertz CT molecular complexity index is 397. The van der Waals surface area contributed by atoms with Gasteiger partial charge < -0.3 is 14.8 Å². The van der Waals surface area contributed by atoms with Crippen molar-refractivity contribution in [3.05, 3.63) is 23.8 Å². The van der Waals surface area contributed by atoms with Crippen LogP contribution in [-0.4, -0.2) is 27.8 Å². The first-order valence-electron chi connectivity index (χ1n) is 6.76. The minimum absolute atomic E-state index is 0.328. The monoisotopic (exact) mass is 250 g/mol. The Morgan fingerprint density at radius 2 is 1.78 bits per heavy atom. The molecule has 3 heteroatoms. The predicted octanol–water partition coefficient (Wildman–Crippen LogP) is 1.71. The molecule has 2 rings (SSSR count). The molecular weight excluding hydrogens is 226 g/mol. The van der Waals surface area contributed by atoms with E-state index in [1.54, 1.807) is 14.2 Å². The molecule has 0 spiro atoms. The molecule has 0 radical (unpaired) electrons. The predicted molar refractivity (Wildman–Crippen MR) is 72.4 cm³/mol. The van der Waals surface area contributed by atoms with Gasteiger partial charge in [-0.25, -0.2) is 0 Å². The minimum atomic E-state index is 0.328. The molecule has 0 aliphatic heterocycles. The number of hydrogen-bond donors (Lipinski definition) is 1. The molecule has 18 heavy (non-hydrogen) atoms. The van der Waals surface area contributed by atoms with Gasteiger partial charge in [0.1, 0.15) is 0 Å². The molecule has 1 aliphatic carbocycles. The molecule has 0 bridgehead atoms. The lowest BCUT2D eigenvalue weighted by molar-refractivity contribution is -0.634. The molecule has 0 unspecified atom stereocenters. The number of likely N-dealkylation sites (N-methyl/N-ethyl adjacent to an activating group) is 1. The van der Waals surface area contributed by atoms with Crippen molar-refractivity contribution in [3.8, 4) is 11.5 Å². The fourth-order valence-electron chi connectivity index (χ4n) is 3.22. The molecule has 0 amide bonds. The molecule has 1 saturated carbocycles. The summed E-state index contributed by atoms with van der Waals surface area (Å²) < 4.78 is 10.7. The van der Waals surface area contributed by atoms with Crippen LogP contribution in [0.25, 0.3) is 0 Å². The first-order valence-corrected chi connectivity index (χ1v) is 6.76. The standard InChI is InChI=1S/C15H23NO2/c1-16-11-15(8-4-5-9-15)12-6-7-13(17-2)14(10-12)18-3/h6-7,10,16H,4-5,8-9,11H2,1-3H3/p+1. The third-order valence-corrected chi connectivity index (χ3v) is 4.15. The van der Waals surface area contributed by atoms with Crippen molar-refractivity contribution in [2.75, 3.05) is 27.8 Å². The highest BCUT2D eigenvalue weighted by Crippen LogP contribution is 2.42. The lowest BCUT2D eigenvalue weighted by Crippen LogP contribution is -2.83. The molecule has 0 atom stereocenters. The summed E-state index contributed by atoms with van der Waals surface area (Å²) in [5.41, 5.74) is 1.73. The van der Waals surface area contributed by atoms with Crippen LogP contribution in [0.5, 0.6) is 11.5 Å². The van der Waals surface area contributed by atoms with E-state index in [9.17, 15) is 0 Å². The van der Waals surface area contributed by atoms with Crippen molar-refractivity contribution in [1.29, 1.82) is 0 Å². The average molecular weight is 250 g/mol. The van der Waals surface area contributed by atoms with Crippen molar-refractivity contribution in [3.63, 3.8) is 0 Å². The highest BCUT2D eigenvalue weighted by Gasteiger charge is 2.37. The highest BCUT2D eigenvalue weighted by atomic mass is 16.5. The zero-order valence-electron chi connectivity index (χ0n) is 11.7. The maximum atomic E-state index is 5.42. The second-order valence-corrected chi connectivity index (χ2v) is 5.17. The Balaban J connectivity index is 2.36. The van der Waals surface area contributed by atoms with Gasteiger partial charge in [-0.05, 0) is 30.5 Å². The van der Waals surface area contributed by atoms with E-state index < -0.39 is 0 Å². The zero-order valence-corrected chi connectivity index (χ0v) is 11.7. The lowest BCUT2D eigenvalue weighted by Gasteiger charge is -2.27. The van der Waals surface area contributed by atoms with E-state index in [1.807, 2.05) is 6.07 Å². The molecule has 1 aromatic rings. The maximum Gasteiger partial charge on any atom is 0.161 e. The third kappa shape index (κ3) is 2.32. The van der Waals surface area contributed by atoms with Crippen molar-refractivity contribution in [2.24, 2.45) is 0 Å². The van der Waals surface area contributed by atoms with Crippen LogP contribution < -0.4 is 14.8 Å². The molecule has 0 saturated heterocycles. The van der Waals surface area contributed by atoms with Crippen LogP contribution in [-0.2, 0) is 5.41 Å². The van der Waals surface area contributed by atoms with Crippen LogP contribution in [0.2, 0.25) is 0 Å². The summed E-state index contributed by atoms with van der Waals surface area (Å²) in [4.78, 5) is 0. The normalized spacial score (nSPS) is 17.7. The first kappa shape index (κ1) is 13.2. The fraction of sp³-hybridized carbons (Fsp3) is 0.600. The van der Waals surface area contributed by atoms with Gasteiger partial charge in [0.15, 0.2) is 11.5 Å². The van der Waals surface area contributed by atoms with Crippen LogP contribution in [0.15, 0.2) is 18.2 Å². The molecule has 1 fully saturated rings. The van der Waals surface area contributed by atoms with Gasteiger partial charge >= 0.3 is 0 Å². The summed E-state index contributed by atoms with van der Waals surface area (Å²) in [6, 6.07) is 6.40. The topological polar surface area (TPSA) is 35.1 Å². The Morgan fingerprint density at radius 1 is 1.11 bits per heavy atom. The summed E-state index contributed by atoms with van der Waals surface area (Å²) in [5, 5.41) is 2.29. The molecule has 100 valence electrons. The van der Waals surface area contributed by atoms with Gasteiger partial charge in [0.05, 0.1) is 27.8 Å². The molecular formula is C15H24NO2+. The van der Waals surface area contributed by atoms with Gasteiger partial charge in [-0.3, -0.25) is 0 Å². The van der Waals surface area contributed by atoms with E-state index in [4.69, 9.17) is 9.47 Å². The van der Waals surface area contributed by atoms with E-state index in [2.05, 4.69) is 24.5 Å². The lowest BCUT2D eigenvalue weighted by atomic mass is 9.78. The van der Waals surface area contributed by atoms with Gasteiger partial charge in [-0.1, -0.05) is 18.9 Å². The van der Waals surface area contributed by atoms with E-state index in [0.29, 0.717) is 5.41 Å². The number of ether oxygens (including phenoxy) is 2. The molecule has 3 nitrogen and oxygen atoms in total. The van der Waals surface area contributed by atoms with Crippen LogP contribution in [0, 0.1) is 0 Å². The second kappa shape index (κ2) is 5.61. The Kier molecular flexibility index (Phi) is 4.12. The number of hydrogen-bond acceptors (Lipinski definition) is 2. The van der Waals surface area contributed by atoms with E-state index in [-0.39, 0.29) is 0 Å². The average Bonchev–Trinajstić information content (AvgIpc) is 2.88.